The summed E-state index contributed by atoms with van der Waals surface area (Å²) in [7, 11) is 0. The van der Waals surface area contributed by atoms with Crippen molar-refractivity contribution in [2.75, 3.05) is 30.7 Å². The average molecular weight is 421 g/mol. The van der Waals surface area contributed by atoms with Crippen molar-refractivity contribution in [1.29, 1.82) is 5.41 Å². The number of pyridine rings is 1. The first-order chi connectivity index (χ1) is 14.5. The monoisotopic (exact) mass is 420 g/mol. The third kappa shape index (κ3) is 4.19. The number of hydrogen-bond donors (Lipinski definition) is 5. The second kappa shape index (κ2) is 8.64. The number of nitrogens with one attached hydrogen (secondary N) is 4. The Bertz CT molecular complexity index is 1130. The van der Waals surface area contributed by atoms with Gasteiger partial charge < -0.3 is 27.1 Å². The highest BCUT2D eigenvalue weighted by Gasteiger charge is 2.17. The van der Waals surface area contributed by atoms with Crippen LogP contribution in [0.15, 0.2) is 47.7 Å². The molecule has 154 valence electrons. The first-order valence-corrected chi connectivity index (χ1v) is 10.6. The van der Waals surface area contributed by atoms with E-state index in [2.05, 4.69) is 20.9 Å². The summed E-state index contributed by atoms with van der Waals surface area (Å²) in [5, 5.41) is 17.8. The molecule has 30 heavy (non-hydrogen) atoms. The van der Waals surface area contributed by atoms with E-state index in [-0.39, 0.29) is 5.91 Å². The third-order valence-electron chi connectivity index (χ3n) is 5.07. The molecule has 2 aromatic heterocycles. The molecule has 0 aliphatic carbocycles. The molecule has 1 aliphatic rings. The number of thiophene rings is 1. The summed E-state index contributed by atoms with van der Waals surface area (Å²) in [6, 6.07) is 11.9. The van der Waals surface area contributed by atoms with Gasteiger partial charge in [-0.15, -0.1) is 11.3 Å². The third-order valence-corrected chi connectivity index (χ3v) is 6.18. The van der Waals surface area contributed by atoms with Crippen LogP contribution >= 0.6 is 11.3 Å². The number of anilines is 2. The van der Waals surface area contributed by atoms with E-state index in [1.807, 2.05) is 43.3 Å². The summed E-state index contributed by atoms with van der Waals surface area (Å²) in [6.45, 7) is 3.92. The van der Waals surface area contributed by atoms with Gasteiger partial charge in [-0.25, -0.2) is 4.98 Å². The number of amides is 1. The fraction of sp³-hybridized carbons (Fsp3) is 0.227. The summed E-state index contributed by atoms with van der Waals surface area (Å²) in [5.74, 6) is -0.161. The van der Waals surface area contributed by atoms with Crippen molar-refractivity contribution in [3.05, 3.63) is 63.8 Å². The highest BCUT2D eigenvalue weighted by Crippen LogP contribution is 2.32. The standard InChI is InChI=1S/C22H24N6OS/c1-13-2-7-17-19(24)20(30-22(17)27-13)21(29)26-9-8-14-3-5-16(6-4-14)28-18-12-25-11-15(18)10-23/h2-7,10,23,25,28H,8-9,11-12,24H2,1H3,(H,26,29). The molecule has 0 saturated carbocycles. The van der Waals surface area contributed by atoms with Gasteiger partial charge in [-0.3, -0.25) is 4.79 Å². The highest BCUT2D eigenvalue weighted by atomic mass is 32.1. The molecule has 0 spiro atoms. The first kappa shape index (κ1) is 20.1. The molecular formula is C22H24N6OS. The number of benzene rings is 1. The van der Waals surface area contributed by atoms with Crippen molar-refractivity contribution >= 4 is 45.0 Å². The molecule has 0 unspecified atom stereocenters. The van der Waals surface area contributed by atoms with Gasteiger partial charge in [0, 0.05) is 53.9 Å². The number of aryl methyl sites for hydroxylation is 1. The fourth-order valence-electron chi connectivity index (χ4n) is 3.39. The first-order valence-electron chi connectivity index (χ1n) is 9.78. The molecule has 1 aliphatic heterocycles. The Morgan fingerprint density at radius 3 is 2.83 bits per heavy atom. The lowest BCUT2D eigenvalue weighted by Gasteiger charge is -2.09. The maximum absolute atomic E-state index is 12.6. The molecule has 1 amide bonds. The lowest BCUT2D eigenvalue weighted by atomic mass is 10.1. The van der Waals surface area contributed by atoms with Crippen molar-refractivity contribution in [3.63, 3.8) is 0 Å². The molecule has 7 nitrogen and oxygen atoms in total. The largest absolute Gasteiger partial charge is 0.397 e. The lowest BCUT2D eigenvalue weighted by Crippen LogP contribution is -2.25. The van der Waals surface area contributed by atoms with Crippen LogP contribution in [0.2, 0.25) is 0 Å². The van der Waals surface area contributed by atoms with Gasteiger partial charge in [-0.05, 0) is 43.2 Å². The minimum absolute atomic E-state index is 0.161. The van der Waals surface area contributed by atoms with E-state index in [4.69, 9.17) is 11.1 Å². The Hall–Kier alpha value is -3.23. The molecule has 1 aromatic carbocycles. The zero-order valence-electron chi connectivity index (χ0n) is 16.7. The van der Waals surface area contributed by atoms with E-state index < -0.39 is 0 Å². The van der Waals surface area contributed by atoms with E-state index in [9.17, 15) is 4.79 Å². The Kier molecular flexibility index (Phi) is 5.78. The molecule has 0 fully saturated rings. The van der Waals surface area contributed by atoms with Gasteiger partial charge in [0.25, 0.3) is 5.91 Å². The molecule has 8 heteroatoms. The minimum atomic E-state index is -0.161. The summed E-state index contributed by atoms with van der Waals surface area (Å²) >= 11 is 1.33. The summed E-state index contributed by atoms with van der Waals surface area (Å²) < 4.78 is 0. The van der Waals surface area contributed by atoms with Crippen LogP contribution in [0.1, 0.15) is 20.9 Å². The zero-order chi connectivity index (χ0) is 21.1. The minimum Gasteiger partial charge on any atom is -0.397 e. The van der Waals surface area contributed by atoms with Crippen LogP contribution in [-0.2, 0) is 6.42 Å². The van der Waals surface area contributed by atoms with Crippen LogP contribution in [0.5, 0.6) is 0 Å². The maximum atomic E-state index is 12.6. The Balaban J connectivity index is 1.34. The van der Waals surface area contributed by atoms with E-state index in [0.29, 0.717) is 17.1 Å². The van der Waals surface area contributed by atoms with Crippen molar-refractivity contribution in [3.8, 4) is 0 Å². The number of nitrogens with zero attached hydrogens (tertiary/aromatic N) is 1. The van der Waals surface area contributed by atoms with E-state index >= 15 is 0 Å². The van der Waals surface area contributed by atoms with Crippen LogP contribution in [0.25, 0.3) is 10.2 Å². The number of nitrogens with two attached hydrogens (primary N) is 1. The smallest absolute Gasteiger partial charge is 0.263 e. The van der Waals surface area contributed by atoms with Crippen LogP contribution in [-0.4, -0.2) is 36.7 Å². The van der Waals surface area contributed by atoms with E-state index in [0.717, 1.165) is 57.9 Å². The van der Waals surface area contributed by atoms with Gasteiger partial charge in [0.15, 0.2) is 0 Å². The number of aromatic nitrogens is 1. The predicted octanol–water partition coefficient (Wildman–Crippen LogP) is 3.08. The van der Waals surface area contributed by atoms with E-state index in [1.165, 1.54) is 17.6 Å². The SMILES string of the molecule is Cc1ccc2c(N)c(C(=O)NCCc3ccc(NC4=C(C=N)CNC4)cc3)sc2n1. The predicted molar refractivity (Wildman–Crippen MR) is 124 cm³/mol. The van der Waals surface area contributed by atoms with Gasteiger partial charge >= 0.3 is 0 Å². The molecule has 0 radical (unpaired) electrons. The summed E-state index contributed by atoms with van der Waals surface area (Å²) in [6.07, 6.45) is 2.12. The molecular weight excluding hydrogens is 396 g/mol. The fourth-order valence-corrected chi connectivity index (χ4v) is 4.45. The normalized spacial score (nSPS) is 13.6. The molecule has 6 N–H and O–H groups in total. The Labute approximate surface area is 178 Å². The highest BCUT2D eigenvalue weighted by molar-refractivity contribution is 7.21. The number of carbonyl (C=O) groups is 1. The van der Waals surface area contributed by atoms with Crippen LogP contribution in [0.3, 0.4) is 0 Å². The number of nitrogen functional groups attached to an aromatic ring is 1. The molecule has 3 heterocycles. The zero-order valence-corrected chi connectivity index (χ0v) is 17.5. The quantitative estimate of drug-likeness (QED) is 0.377. The topological polar surface area (TPSA) is 116 Å². The Morgan fingerprint density at radius 2 is 2.07 bits per heavy atom. The summed E-state index contributed by atoms with van der Waals surface area (Å²) in [5.41, 5.74) is 11.7. The van der Waals surface area contributed by atoms with Gasteiger partial charge in [-0.2, -0.15) is 0 Å². The van der Waals surface area contributed by atoms with Crippen molar-refractivity contribution in [2.24, 2.45) is 0 Å². The molecule has 3 aromatic rings. The molecule has 0 saturated heterocycles. The molecule has 0 bridgehead atoms. The Morgan fingerprint density at radius 1 is 1.27 bits per heavy atom. The molecule has 4 rings (SSSR count). The number of fused-ring (bicyclic) bond motifs is 1. The van der Waals surface area contributed by atoms with Gasteiger partial charge in [0.05, 0.1) is 5.69 Å². The van der Waals surface area contributed by atoms with Gasteiger partial charge in [-0.1, -0.05) is 12.1 Å². The average Bonchev–Trinajstić information content (AvgIpc) is 3.32. The van der Waals surface area contributed by atoms with Crippen molar-refractivity contribution in [1.82, 2.24) is 15.6 Å². The van der Waals surface area contributed by atoms with E-state index in [1.54, 1.807) is 0 Å². The number of rotatable bonds is 7. The maximum Gasteiger partial charge on any atom is 0.263 e. The second-order valence-corrected chi connectivity index (χ2v) is 8.23. The van der Waals surface area contributed by atoms with Crippen LogP contribution in [0.4, 0.5) is 11.4 Å². The number of carbonyl (C=O) groups excluding carboxylic acids is 1. The summed E-state index contributed by atoms with van der Waals surface area (Å²) in [4.78, 5) is 18.3. The second-order valence-electron chi connectivity index (χ2n) is 7.23. The van der Waals surface area contributed by atoms with Gasteiger partial charge in [0.1, 0.15) is 9.71 Å². The van der Waals surface area contributed by atoms with Gasteiger partial charge in [0.2, 0.25) is 0 Å². The van der Waals surface area contributed by atoms with Crippen molar-refractivity contribution in [2.45, 2.75) is 13.3 Å². The van der Waals surface area contributed by atoms with Crippen LogP contribution < -0.4 is 21.7 Å². The van der Waals surface area contributed by atoms with Crippen LogP contribution in [0, 0.1) is 12.3 Å². The van der Waals surface area contributed by atoms with Crippen molar-refractivity contribution < 1.29 is 4.79 Å². The molecule has 0 atom stereocenters. The lowest BCUT2D eigenvalue weighted by molar-refractivity contribution is 0.0959. The number of hydrogen-bond acceptors (Lipinski definition) is 7.